The van der Waals surface area contributed by atoms with Crippen LogP contribution in [0.2, 0.25) is 0 Å². The number of rotatable bonds is 4. The molecule has 1 aliphatic rings. The highest BCUT2D eigenvalue weighted by Gasteiger charge is 2.20. The molecule has 1 aromatic heterocycles. The van der Waals surface area contributed by atoms with Crippen LogP contribution in [-0.2, 0) is 6.54 Å². The summed E-state index contributed by atoms with van der Waals surface area (Å²) >= 11 is 1.75. The maximum absolute atomic E-state index is 4.52. The van der Waals surface area contributed by atoms with Gasteiger partial charge in [-0.2, -0.15) is 0 Å². The van der Waals surface area contributed by atoms with E-state index < -0.39 is 0 Å². The molecule has 1 aromatic rings. The van der Waals surface area contributed by atoms with E-state index in [9.17, 15) is 0 Å². The van der Waals surface area contributed by atoms with Crippen molar-refractivity contribution in [2.45, 2.75) is 65.5 Å². The van der Waals surface area contributed by atoms with Crippen molar-refractivity contribution in [2.75, 3.05) is 0 Å². The highest BCUT2D eigenvalue weighted by atomic mass is 32.1. The average Bonchev–Trinajstić information content (AvgIpc) is 2.62. The Labute approximate surface area is 115 Å². The number of aromatic nitrogens is 1. The first-order valence-electron chi connectivity index (χ1n) is 7.29. The first-order valence-corrected chi connectivity index (χ1v) is 8.17. The predicted octanol–water partition coefficient (Wildman–Crippen LogP) is 4.15. The molecular weight excluding hydrogens is 240 g/mol. The van der Waals surface area contributed by atoms with Gasteiger partial charge >= 0.3 is 0 Å². The average molecular weight is 266 g/mol. The number of hydrogen-bond donors (Lipinski definition) is 1. The standard InChI is InChI=1S/C15H26N2S/c1-11(2)13-5-4-6-14(8-7-13)16-9-15-10-18-12(3)17-15/h10-11,13-14,16H,4-9H2,1-3H3. The van der Waals surface area contributed by atoms with Crippen molar-refractivity contribution in [2.24, 2.45) is 11.8 Å². The minimum atomic E-state index is 0.704. The van der Waals surface area contributed by atoms with Crippen LogP contribution in [0.15, 0.2) is 5.38 Å². The second kappa shape index (κ2) is 6.67. The van der Waals surface area contributed by atoms with Crippen molar-refractivity contribution in [3.05, 3.63) is 16.1 Å². The highest BCUT2D eigenvalue weighted by Crippen LogP contribution is 2.28. The molecule has 2 unspecified atom stereocenters. The van der Waals surface area contributed by atoms with Crippen molar-refractivity contribution < 1.29 is 0 Å². The first kappa shape index (κ1) is 14.0. The fraction of sp³-hybridized carbons (Fsp3) is 0.800. The Hall–Kier alpha value is -0.410. The maximum atomic E-state index is 4.52. The summed E-state index contributed by atoms with van der Waals surface area (Å²) in [5.74, 6) is 1.79. The van der Waals surface area contributed by atoms with E-state index in [0.29, 0.717) is 6.04 Å². The molecule has 1 aliphatic carbocycles. The van der Waals surface area contributed by atoms with Gasteiger partial charge < -0.3 is 5.32 Å². The molecule has 2 rings (SSSR count). The number of nitrogens with zero attached hydrogens (tertiary/aromatic N) is 1. The van der Waals surface area contributed by atoms with E-state index in [0.717, 1.165) is 18.4 Å². The summed E-state index contributed by atoms with van der Waals surface area (Å²) in [6.07, 6.45) is 6.88. The number of thiazole rings is 1. The van der Waals surface area contributed by atoms with Gasteiger partial charge in [-0.25, -0.2) is 4.98 Å². The van der Waals surface area contributed by atoms with E-state index in [1.165, 1.54) is 42.8 Å². The van der Waals surface area contributed by atoms with Gasteiger partial charge in [0.1, 0.15) is 0 Å². The van der Waals surface area contributed by atoms with Gasteiger partial charge in [0.15, 0.2) is 0 Å². The molecule has 1 fully saturated rings. The Morgan fingerprint density at radius 3 is 2.83 bits per heavy atom. The van der Waals surface area contributed by atoms with Crippen LogP contribution in [0.25, 0.3) is 0 Å². The molecule has 18 heavy (non-hydrogen) atoms. The molecule has 0 bridgehead atoms. The lowest BCUT2D eigenvalue weighted by atomic mass is 9.89. The molecule has 0 spiro atoms. The number of nitrogens with one attached hydrogen (secondary N) is 1. The van der Waals surface area contributed by atoms with Gasteiger partial charge in [-0.15, -0.1) is 11.3 Å². The molecule has 1 N–H and O–H groups in total. The SMILES string of the molecule is Cc1nc(CNC2CCCC(C(C)C)CC2)cs1. The van der Waals surface area contributed by atoms with E-state index in [1.54, 1.807) is 11.3 Å². The fourth-order valence-corrected chi connectivity index (χ4v) is 3.55. The van der Waals surface area contributed by atoms with Crippen LogP contribution in [0.5, 0.6) is 0 Å². The van der Waals surface area contributed by atoms with E-state index >= 15 is 0 Å². The van der Waals surface area contributed by atoms with E-state index in [2.05, 4.69) is 36.5 Å². The molecule has 2 nitrogen and oxygen atoms in total. The second-order valence-corrected chi connectivity index (χ2v) is 7.01. The summed E-state index contributed by atoms with van der Waals surface area (Å²) < 4.78 is 0. The molecule has 102 valence electrons. The normalized spacial score (nSPS) is 25.3. The fourth-order valence-electron chi connectivity index (χ4n) is 2.94. The lowest BCUT2D eigenvalue weighted by Gasteiger charge is -2.18. The summed E-state index contributed by atoms with van der Waals surface area (Å²) in [5, 5.41) is 7.05. The van der Waals surface area contributed by atoms with E-state index in [4.69, 9.17) is 0 Å². The summed E-state index contributed by atoms with van der Waals surface area (Å²) in [6.45, 7) is 7.77. The molecule has 0 radical (unpaired) electrons. The maximum Gasteiger partial charge on any atom is 0.0897 e. The molecule has 2 atom stereocenters. The largest absolute Gasteiger partial charge is 0.308 e. The van der Waals surface area contributed by atoms with Gasteiger partial charge in [-0.1, -0.05) is 26.7 Å². The minimum absolute atomic E-state index is 0.704. The Balaban J connectivity index is 1.77. The van der Waals surface area contributed by atoms with Gasteiger partial charge in [-0.3, -0.25) is 0 Å². The van der Waals surface area contributed by atoms with Crippen LogP contribution in [0, 0.1) is 18.8 Å². The Kier molecular flexibility index (Phi) is 5.19. The molecule has 0 amide bonds. The monoisotopic (exact) mass is 266 g/mol. The van der Waals surface area contributed by atoms with Gasteiger partial charge in [0, 0.05) is 18.0 Å². The van der Waals surface area contributed by atoms with Crippen LogP contribution in [0.1, 0.15) is 56.7 Å². The van der Waals surface area contributed by atoms with Crippen molar-refractivity contribution in [1.29, 1.82) is 0 Å². The zero-order valence-electron chi connectivity index (χ0n) is 11.9. The third-order valence-electron chi connectivity index (χ3n) is 4.19. The smallest absolute Gasteiger partial charge is 0.0897 e. The van der Waals surface area contributed by atoms with Gasteiger partial charge in [0.05, 0.1) is 10.7 Å². The van der Waals surface area contributed by atoms with Gasteiger partial charge in [0.25, 0.3) is 0 Å². The third-order valence-corrected chi connectivity index (χ3v) is 5.02. The molecule has 1 heterocycles. The number of hydrogen-bond acceptors (Lipinski definition) is 3. The molecule has 0 saturated heterocycles. The van der Waals surface area contributed by atoms with Crippen molar-refractivity contribution in [1.82, 2.24) is 10.3 Å². The summed E-state index contributed by atoms with van der Waals surface area (Å²) in [5.41, 5.74) is 1.21. The summed E-state index contributed by atoms with van der Waals surface area (Å²) in [4.78, 5) is 4.52. The molecule has 0 aromatic carbocycles. The second-order valence-electron chi connectivity index (χ2n) is 5.95. The lowest BCUT2D eigenvalue weighted by molar-refractivity contribution is 0.337. The molecule has 3 heteroatoms. The van der Waals surface area contributed by atoms with Crippen LogP contribution in [-0.4, -0.2) is 11.0 Å². The highest BCUT2D eigenvalue weighted by molar-refractivity contribution is 7.09. The Morgan fingerprint density at radius 1 is 1.33 bits per heavy atom. The quantitative estimate of drug-likeness (QED) is 0.828. The van der Waals surface area contributed by atoms with Crippen LogP contribution >= 0.6 is 11.3 Å². The molecular formula is C15H26N2S. The summed E-state index contributed by atoms with van der Waals surface area (Å²) in [6, 6.07) is 0.704. The van der Waals surface area contributed by atoms with Crippen molar-refractivity contribution in [3.8, 4) is 0 Å². The van der Waals surface area contributed by atoms with Gasteiger partial charge in [0.2, 0.25) is 0 Å². The topological polar surface area (TPSA) is 24.9 Å². The number of aryl methyl sites for hydroxylation is 1. The zero-order valence-corrected chi connectivity index (χ0v) is 12.7. The van der Waals surface area contributed by atoms with E-state index in [-0.39, 0.29) is 0 Å². The van der Waals surface area contributed by atoms with Gasteiger partial charge in [-0.05, 0) is 38.0 Å². The van der Waals surface area contributed by atoms with Crippen LogP contribution in [0.4, 0.5) is 0 Å². The van der Waals surface area contributed by atoms with E-state index in [1.807, 2.05) is 0 Å². The van der Waals surface area contributed by atoms with Crippen molar-refractivity contribution >= 4 is 11.3 Å². The molecule has 0 aliphatic heterocycles. The van der Waals surface area contributed by atoms with Crippen molar-refractivity contribution in [3.63, 3.8) is 0 Å². The predicted molar refractivity (Wildman–Crippen MR) is 78.9 cm³/mol. The van der Waals surface area contributed by atoms with Crippen LogP contribution in [0.3, 0.4) is 0 Å². The third kappa shape index (κ3) is 4.06. The van der Waals surface area contributed by atoms with Crippen LogP contribution < -0.4 is 5.32 Å². The lowest BCUT2D eigenvalue weighted by Crippen LogP contribution is -2.28. The Morgan fingerprint density at radius 2 is 2.17 bits per heavy atom. The molecule has 1 saturated carbocycles. The zero-order chi connectivity index (χ0) is 13.0. The summed E-state index contributed by atoms with van der Waals surface area (Å²) in [7, 11) is 0. The Bertz CT molecular complexity index is 359. The minimum Gasteiger partial charge on any atom is -0.308 e. The first-order chi connectivity index (χ1) is 8.65.